The highest BCUT2D eigenvalue weighted by Gasteiger charge is 2.51. The second kappa shape index (κ2) is 14.1. The molecule has 0 fully saturated rings. The molecule has 0 unspecified atom stereocenters. The number of hydrogen-bond acceptors (Lipinski definition) is 2. The van der Waals surface area contributed by atoms with Gasteiger partial charge in [0.2, 0.25) is 0 Å². The molecule has 0 N–H and O–H groups in total. The standard InChI is InChI=1S/C57H41NS/c1-56(48-29-14-16-31-50(48)57(41-20-5-2-6-21-41,42-22-7-3-8-23-42)51-32-17-15-30-49(51)56)47-28-13-11-26-45(47)40-36-38-44(39-37-40)58(43-24-9-4-10-25-43)52-33-19-35-54-55(52)46-27-12-18-34-53(46)59-54/h2-39H,1H3. The molecule has 1 nitrogen and oxygen atoms in total. The van der Waals surface area contributed by atoms with Gasteiger partial charge in [0.15, 0.2) is 0 Å². The zero-order valence-electron chi connectivity index (χ0n) is 32.8. The molecule has 11 rings (SSSR count). The molecule has 0 amide bonds. The van der Waals surface area contributed by atoms with Gasteiger partial charge >= 0.3 is 0 Å². The van der Waals surface area contributed by atoms with Crippen LogP contribution in [0.3, 0.4) is 0 Å². The highest BCUT2D eigenvalue weighted by molar-refractivity contribution is 7.26. The fraction of sp³-hybridized carbons (Fsp3) is 0.0526. The minimum atomic E-state index is -0.497. The third-order valence-electron chi connectivity index (χ3n) is 12.7. The molecule has 0 aliphatic heterocycles. The quantitative estimate of drug-likeness (QED) is 0.156. The van der Waals surface area contributed by atoms with Crippen LogP contribution in [0.15, 0.2) is 231 Å². The first-order valence-corrected chi connectivity index (χ1v) is 21.3. The van der Waals surface area contributed by atoms with Crippen LogP contribution in [-0.2, 0) is 10.8 Å². The Morgan fingerprint density at radius 3 is 1.47 bits per heavy atom. The molecule has 0 saturated heterocycles. The number of fused-ring (bicyclic) bond motifs is 5. The maximum absolute atomic E-state index is 2.45. The lowest BCUT2D eigenvalue weighted by atomic mass is 9.52. The van der Waals surface area contributed by atoms with E-state index in [1.807, 2.05) is 11.3 Å². The van der Waals surface area contributed by atoms with E-state index in [-0.39, 0.29) is 0 Å². The summed E-state index contributed by atoms with van der Waals surface area (Å²) in [5.74, 6) is 0. The van der Waals surface area contributed by atoms with E-state index in [9.17, 15) is 0 Å². The summed E-state index contributed by atoms with van der Waals surface area (Å²) < 4.78 is 2.60. The van der Waals surface area contributed by atoms with Crippen molar-refractivity contribution in [3.63, 3.8) is 0 Å². The Bertz CT molecular complexity index is 3020. The van der Waals surface area contributed by atoms with Gasteiger partial charge in [-0.05, 0) is 99.5 Å². The lowest BCUT2D eigenvalue weighted by molar-refractivity contribution is 0.590. The Hall–Kier alpha value is -7.00. The van der Waals surface area contributed by atoms with Crippen molar-refractivity contribution in [2.45, 2.75) is 17.8 Å². The monoisotopic (exact) mass is 771 g/mol. The lowest BCUT2D eigenvalue weighted by Gasteiger charge is -2.49. The SMILES string of the molecule is CC1(c2ccccc2-c2ccc(N(c3ccccc3)c3cccc4sc5ccccc5c34)cc2)c2ccccc2C(c2ccccc2)(c2ccccc2)c2ccccc21. The first kappa shape index (κ1) is 35.2. The van der Waals surface area contributed by atoms with Crippen molar-refractivity contribution in [3.8, 4) is 11.1 Å². The van der Waals surface area contributed by atoms with Crippen LogP contribution in [-0.4, -0.2) is 0 Å². The second-order valence-electron chi connectivity index (χ2n) is 15.7. The molecule has 59 heavy (non-hydrogen) atoms. The summed E-state index contributed by atoms with van der Waals surface area (Å²) in [4.78, 5) is 2.42. The molecule has 0 saturated carbocycles. The summed E-state index contributed by atoms with van der Waals surface area (Å²) in [5.41, 5.74) is 14.0. The van der Waals surface area contributed by atoms with Crippen LogP contribution >= 0.6 is 11.3 Å². The number of para-hydroxylation sites is 1. The van der Waals surface area contributed by atoms with Crippen molar-refractivity contribution in [1.82, 2.24) is 0 Å². The van der Waals surface area contributed by atoms with Crippen LogP contribution in [0, 0.1) is 0 Å². The molecule has 280 valence electrons. The zero-order valence-corrected chi connectivity index (χ0v) is 33.6. The maximum Gasteiger partial charge on any atom is 0.0707 e. The van der Waals surface area contributed by atoms with Gasteiger partial charge in [-0.25, -0.2) is 0 Å². The third-order valence-corrected chi connectivity index (χ3v) is 13.8. The van der Waals surface area contributed by atoms with Gasteiger partial charge in [-0.3, -0.25) is 0 Å². The number of benzene rings is 9. The van der Waals surface area contributed by atoms with E-state index in [0.717, 1.165) is 11.4 Å². The Morgan fingerprint density at radius 2 is 0.847 bits per heavy atom. The topological polar surface area (TPSA) is 3.24 Å². The van der Waals surface area contributed by atoms with Crippen molar-refractivity contribution in [3.05, 3.63) is 269 Å². The van der Waals surface area contributed by atoms with Crippen LogP contribution in [0.1, 0.15) is 45.9 Å². The van der Waals surface area contributed by atoms with Crippen LogP contribution in [0.2, 0.25) is 0 Å². The Balaban J connectivity index is 1.09. The van der Waals surface area contributed by atoms with Gasteiger partial charge in [0.1, 0.15) is 0 Å². The molecule has 0 atom stereocenters. The van der Waals surface area contributed by atoms with Crippen LogP contribution in [0.4, 0.5) is 17.1 Å². The summed E-state index contributed by atoms with van der Waals surface area (Å²) in [6.45, 7) is 2.45. The second-order valence-corrected chi connectivity index (χ2v) is 16.8. The minimum absolute atomic E-state index is 0.457. The molecular formula is C57H41NS. The van der Waals surface area contributed by atoms with Crippen LogP contribution in [0.25, 0.3) is 31.3 Å². The summed E-state index contributed by atoms with van der Waals surface area (Å²) in [6.07, 6.45) is 0. The van der Waals surface area contributed by atoms with Crippen molar-refractivity contribution in [2.24, 2.45) is 0 Å². The maximum atomic E-state index is 2.45. The fourth-order valence-corrected chi connectivity index (χ4v) is 11.3. The molecule has 1 aliphatic carbocycles. The van der Waals surface area contributed by atoms with Gasteiger partial charge in [0.25, 0.3) is 0 Å². The van der Waals surface area contributed by atoms with E-state index in [2.05, 4.69) is 242 Å². The predicted octanol–water partition coefficient (Wildman–Crippen LogP) is 15.2. The normalized spacial score (nSPS) is 13.8. The average Bonchev–Trinajstić information content (AvgIpc) is 3.70. The van der Waals surface area contributed by atoms with Gasteiger partial charge in [-0.15, -0.1) is 11.3 Å². The number of hydrogen-bond donors (Lipinski definition) is 0. The molecule has 2 heteroatoms. The van der Waals surface area contributed by atoms with E-state index < -0.39 is 10.8 Å². The number of thiophene rings is 1. The van der Waals surface area contributed by atoms with Gasteiger partial charge in [0, 0.05) is 37.0 Å². The van der Waals surface area contributed by atoms with Crippen molar-refractivity contribution >= 4 is 48.6 Å². The van der Waals surface area contributed by atoms with E-state index in [4.69, 9.17) is 0 Å². The molecule has 0 bridgehead atoms. The molecule has 1 aliphatic rings. The van der Waals surface area contributed by atoms with Crippen molar-refractivity contribution in [1.29, 1.82) is 0 Å². The number of rotatable bonds is 7. The number of anilines is 3. The first-order valence-electron chi connectivity index (χ1n) is 20.4. The van der Waals surface area contributed by atoms with E-state index in [1.54, 1.807) is 0 Å². The molecule has 0 radical (unpaired) electrons. The van der Waals surface area contributed by atoms with Crippen LogP contribution in [0.5, 0.6) is 0 Å². The molecule has 9 aromatic carbocycles. The first-order chi connectivity index (χ1) is 29.2. The Kier molecular flexibility index (Phi) is 8.43. The summed E-state index contributed by atoms with van der Waals surface area (Å²) in [5, 5.41) is 2.58. The highest BCUT2D eigenvalue weighted by Crippen LogP contribution is 2.58. The summed E-state index contributed by atoms with van der Waals surface area (Å²) >= 11 is 1.86. The van der Waals surface area contributed by atoms with Crippen molar-refractivity contribution < 1.29 is 0 Å². The van der Waals surface area contributed by atoms with Gasteiger partial charge < -0.3 is 4.90 Å². The van der Waals surface area contributed by atoms with Gasteiger partial charge in [-0.2, -0.15) is 0 Å². The smallest absolute Gasteiger partial charge is 0.0707 e. The van der Waals surface area contributed by atoms with Gasteiger partial charge in [-0.1, -0.05) is 188 Å². The van der Waals surface area contributed by atoms with E-state index >= 15 is 0 Å². The Labute approximate surface area is 350 Å². The van der Waals surface area contributed by atoms with Crippen LogP contribution < -0.4 is 4.90 Å². The summed E-state index contributed by atoms with van der Waals surface area (Å²) in [7, 11) is 0. The molecule has 1 heterocycles. The molecule has 1 aromatic heterocycles. The van der Waals surface area contributed by atoms with E-state index in [0.29, 0.717) is 0 Å². The number of nitrogens with zero attached hydrogens (tertiary/aromatic N) is 1. The lowest BCUT2D eigenvalue weighted by Crippen LogP contribution is -2.43. The molecule has 10 aromatic rings. The largest absolute Gasteiger partial charge is 0.310 e. The molecular weight excluding hydrogens is 731 g/mol. The predicted molar refractivity (Wildman–Crippen MR) is 250 cm³/mol. The third kappa shape index (κ3) is 5.37. The summed E-state index contributed by atoms with van der Waals surface area (Å²) in [6, 6.07) is 85.1. The fourth-order valence-electron chi connectivity index (χ4n) is 10.1. The molecule has 0 spiro atoms. The highest BCUT2D eigenvalue weighted by atomic mass is 32.1. The van der Waals surface area contributed by atoms with E-state index in [1.165, 1.54) is 75.9 Å². The van der Waals surface area contributed by atoms with Gasteiger partial charge in [0.05, 0.1) is 11.1 Å². The zero-order chi connectivity index (χ0) is 39.4. The Morgan fingerprint density at radius 1 is 0.373 bits per heavy atom. The minimum Gasteiger partial charge on any atom is -0.310 e. The van der Waals surface area contributed by atoms with Crippen molar-refractivity contribution in [2.75, 3.05) is 4.90 Å². The average molecular weight is 772 g/mol.